The third-order valence-corrected chi connectivity index (χ3v) is 3.99. The molecule has 1 amide bonds. The summed E-state index contributed by atoms with van der Waals surface area (Å²) in [6.07, 6.45) is 3.29. The minimum Gasteiger partial charge on any atom is -0.349 e. The Balaban J connectivity index is 2.76. The first-order chi connectivity index (χ1) is 9.87. The van der Waals surface area contributed by atoms with Crippen molar-refractivity contribution in [3.05, 3.63) is 35.9 Å². The number of benzene rings is 1. The molecule has 0 aliphatic carbocycles. The molecule has 118 valence electrons. The molecule has 0 bridgehead atoms. The number of carbonyl (C=O) groups is 1. The van der Waals surface area contributed by atoms with Gasteiger partial charge in [-0.15, -0.1) is 0 Å². The van der Waals surface area contributed by atoms with Gasteiger partial charge in [0.05, 0.1) is 6.04 Å². The Hall–Kier alpha value is -1.35. The lowest BCUT2D eigenvalue weighted by atomic mass is 9.88. The topological polar surface area (TPSA) is 55.1 Å². The van der Waals surface area contributed by atoms with Crippen molar-refractivity contribution in [1.82, 2.24) is 5.32 Å². The van der Waals surface area contributed by atoms with E-state index in [1.165, 1.54) is 5.56 Å². The largest absolute Gasteiger partial charge is 0.349 e. The normalized spacial score (nSPS) is 13.2. The highest BCUT2D eigenvalue weighted by Gasteiger charge is 2.23. The number of rotatable bonds is 8. The molecule has 0 heterocycles. The summed E-state index contributed by atoms with van der Waals surface area (Å²) in [7, 11) is 0. The van der Waals surface area contributed by atoms with E-state index in [0.29, 0.717) is 18.8 Å². The van der Waals surface area contributed by atoms with Gasteiger partial charge >= 0.3 is 0 Å². The van der Waals surface area contributed by atoms with Gasteiger partial charge in [0, 0.05) is 12.0 Å². The highest BCUT2D eigenvalue weighted by atomic mass is 16.1. The van der Waals surface area contributed by atoms with Crippen molar-refractivity contribution in [1.29, 1.82) is 0 Å². The van der Waals surface area contributed by atoms with Crippen LogP contribution in [0.15, 0.2) is 30.3 Å². The minimum absolute atomic E-state index is 0.0919. The molecule has 3 nitrogen and oxygen atoms in total. The fourth-order valence-electron chi connectivity index (χ4n) is 2.58. The van der Waals surface area contributed by atoms with Crippen molar-refractivity contribution in [3.8, 4) is 0 Å². The van der Waals surface area contributed by atoms with E-state index in [1.807, 2.05) is 32.0 Å². The van der Waals surface area contributed by atoms with Crippen LogP contribution in [0.2, 0.25) is 0 Å². The number of carbonyl (C=O) groups excluding carboxylic acids is 1. The van der Waals surface area contributed by atoms with Crippen LogP contribution in [-0.4, -0.2) is 11.4 Å². The van der Waals surface area contributed by atoms with E-state index in [4.69, 9.17) is 5.73 Å². The van der Waals surface area contributed by atoms with Crippen molar-refractivity contribution >= 4 is 5.91 Å². The molecule has 0 saturated carbocycles. The molecular formula is C18H30N2O. The van der Waals surface area contributed by atoms with E-state index in [9.17, 15) is 4.79 Å². The Bertz CT molecular complexity index is 419. The molecule has 0 spiro atoms. The molecule has 0 aliphatic rings. The number of nitrogens with one attached hydrogen (secondary N) is 1. The Morgan fingerprint density at radius 3 is 2.24 bits per heavy atom. The summed E-state index contributed by atoms with van der Waals surface area (Å²) in [5.41, 5.74) is 6.85. The van der Waals surface area contributed by atoms with Crippen LogP contribution < -0.4 is 11.1 Å². The summed E-state index contributed by atoms with van der Waals surface area (Å²) in [4.78, 5) is 12.2. The molecule has 0 fully saturated rings. The number of hydrogen-bond donors (Lipinski definition) is 2. The Morgan fingerprint density at radius 2 is 1.76 bits per heavy atom. The minimum atomic E-state index is -0.297. The molecular weight excluding hydrogens is 260 g/mol. The first-order valence-corrected chi connectivity index (χ1v) is 8.00. The average Bonchev–Trinajstić information content (AvgIpc) is 2.45. The highest BCUT2D eigenvalue weighted by molar-refractivity contribution is 5.76. The van der Waals surface area contributed by atoms with Gasteiger partial charge in [0.15, 0.2) is 0 Å². The number of nitrogens with two attached hydrogens (primary N) is 1. The van der Waals surface area contributed by atoms with Gasteiger partial charge in [-0.1, -0.05) is 57.0 Å². The van der Waals surface area contributed by atoms with Gasteiger partial charge in [-0.05, 0) is 31.7 Å². The van der Waals surface area contributed by atoms with Gasteiger partial charge < -0.3 is 11.1 Å². The summed E-state index contributed by atoms with van der Waals surface area (Å²) < 4.78 is 0. The van der Waals surface area contributed by atoms with E-state index in [2.05, 4.69) is 31.3 Å². The number of amides is 1. The molecule has 0 aliphatic heterocycles. The van der Waals surface area contributed by atoms with E-state index in [0.717, 1.165) is 12.8 Å². The summed E-state index contributed by atoms with van der Waals surface area (Å²) >= 11 is 0. The number of hydrogen-bond acceptors (Lipinski definition) is 2. The van der Waals surface area contributed by atoms with Crippen molar-refractivity contribution in [2.24, 2.45) is 11.7 Å². The predicted molar refractivity (Wildman–Crippen MR) is 88.9 cm³/mol. The van der Waals surface area contributed by atoms with E-state index < -0.39 is 0 Å². The molecule has 0 saturated heterocycles. The van der Waals surface area contributed by atoms with Crippen molar-refractivity contribution < 1.29 is 4.79 Å². The monoisotopic (exact) mass is 290 g/mol. The van der Waals surface area contributed by atoms with Crippen LogP contribution in [0.1, 0.15) is 65.0 Å². The van der Waals surface area contributed by atoms with Gasteiger partial charge in [-0.3, -0.25) is 4.79 Å². The first kappa shape index (κ1) is 17.7. The third-order valence-electron chi connectivity index (χ3n) is 3.99. The second-order valence-corrected chi connectivity index (χ2v) is 6.52. The van der Waals surface area contributed by atoms with Gasteiger partial charge in [0.1, 0.15) is 0 Å². The van der Waals surface area contributed by atoms with Gasteiger partial charge in [-0.2, -0.15) is 0 Å². The van der Waals surface area contributed by atoms with Crippen molar-refractivity contribution in [3.63, 3.8) is 0 Å². The maximum atomic E-state index is 12.2. The van der Waals surface area contributed by atoms with Gasteiger partial charge in [0.2, 0.25) is 5.91 Å². The summed E-state index contributed by atoms with van der Waals surface area (Å²) in [5, 5.41) is 3.21. The van der Waals surface area contributed by atoms with Crippen LogP contribution in [-0.2, 0) is 4.79 Å². The fourth-order valence-corrected chi connectivity index (χ4v) is 2.58. The maximum Gasteiger partial charge on any atom is 0.220 e. The van der Waals surface area contributed by atoms with E-state index in [-0.39, 0.29) is 17.5 Å². The van der Waals surface area contributed by atoms with Crippen LogP contribution in [0.4, 0.5) is 0 Å². The molecule has 0 radical (unpaired) electrons. The second kappa shape index (κ2) is 8.18. The fraction of sp³-hybridized carbons (Fsp3) is 0.611. The molecule has 1 aromatic rings. The Labute approximate surface area is 129 Å². The summed E-state index contributed by atoms with van der Waals surface area (Å²) in [6, 6.07) is 10.3. The predicted octanol–water partition coefficient (Wildman–Crippen LogP) is 3.80. The third kappa shape index (κ3) is 6.30. The van der Waals surface area contributed by atoms with E-state index >= 15 is 0 Å². The Kier molecular flexibility index (Phi) is 6.90. The molecule has 1 aromatic carbocycles. The van der Waals surface area contributed by atoms with Crippen LogP contribution in [0.3, 0.4) is 0 Å². The first-order valence-electron chi connectivity index (χ1n) is 8.00. The van der Waals surface area contributed by atoms with Gasteiger partial charge in [-0.25, -0.2) is 0 Å². The molecule has 0 aromatic heterocycles. The Morgan fingerprint density at radius 1 is 1.19 bits per heavy atom. The zero-order valence-electron chi connectivity index (χ0n) is 13.9. The molecule has 1 atom stereocenters. The molecule has 1 rings (SSSR count). The zero-order valence-corrected chi connectivity index (χ0v) is 13.9. The highest BCUT2D eigenvalue weighted by Crippen LogP contribution is 2.27. The SMILES string of the molecule is CCC(CC)C(NC(=O)CCC(C)(C)N)c1ccccc1. The lowest BCUT2D eigenvalue weighted by Gasteiger charge is -2.27. The molecule has 21 heavy (non-hydrogen) atoms. The second-order valence-electron chi connectivity index (χ2n) is 6.52. The van der Waals surface area contributed by atoms with E-state index in [1.54, 1.807) is 0 Å². The standard InChI is InChI=1S/C18H30N2O/c1-5-14(6-2)17(15-10-8-7-9-11-15)20-16(21)12-13-18(3,4)19/h7-11,14,17H,5-6,12-13,19H2,1-4H3,(H,20,21). The van der Waals surface area contributed by atoms with Crippen LogP contribution >= 0.6 is 0 Å². The van der Waals surface area contributed by atoms with Crippen LogP contribution in [0.25, 0.3) is 0 Å². The zero-order chi connectivity index (χ0) is 15.9. The van der Waals surface area contributed by atoms with Crippen molar-refractivity contribution in [2.75, 3.05) is 0 Å². The lowest BCUT2D eigenvalue weighted by molar-refractivity contribution is -0.122. The summed E-state index contributed by atoms with van der Waals surface area (Å²) in [5.74, 6) is 0.552. The van der Waals surface area contributed by atoms with Crippen LogP contribution in [0.5, 0.6) is 0 Å². The molecule has 1 unspecified atom stereocenters. The smallest absolute Gasteiger partial charge is 0.220 e. The van der Waals surface area contributed by atoms with Gasteiger partial charge in [0.25, 0.3) is 0 Å². The van der Waals surface area contributed by atoms with Crippen LogP contribution in [0, 0.1) is 5.92 Å². The maximum absolute atomic E-state index is 12.2. The average molecular weight is 290 g/mol. The lowest BCUT2D eigenvalue weighted by Crippen LogP contribution is -2.37. The summed E-state index contributed by atoms with van der Waals surface area (Å²) in [6.45, 7) is 8.27. The molecule has 3 heteroatoms. The quantitative estimate of drug-likeness (QED) is 0.765. The molecule has 3 N–H and O–H groups in total. The van der Waals surface area contributed by atoms with Crippen molar-refractivity contribution in [2.45, 2.75) is 65.0 Å².